The number of nitrogens with zero attached hydrogens (tertiary/aromatic N) is 2. The van der Waals surface area contributed by atoms with E-state index >= 15 is 0 Å². The molecule has 0 aliphatic carbocycles. The molecule has 4 heteroatoms. The Morgan fingerprint density at radius 2 is 1.81 bits per heavy atom. The summed E-state index contributed by atoms with van der Waals surface area (Å²) in [5.41, 5.74) is 5.12. The van der Waals surface area contributed by atoms with Crippen LogP contribution >= 0.6 is 0 Å². The van der Waals surface area contributed by atoms with Gasteiger partial charge in [-0.05, 0) is 38.3 Å². The van der Waals surface area contributed by atoms with Crippen molar-refractivity contribution < 1.29 is 9.90 Å². The number of aliphatic carboxylic acids is 1. The molecule has 1 heterocycles. The van der Waals surface area contributed by atoms with Gasteiger partial charge in [0, 0.05) is 24.2 Å². The molecule has 0 atom stereocenters. The molecule has 1 aromatic carbocycles. The average Bonchev–Trinajstić information content (AvgIpc) is 2.37. The van der Waals surface area contributed by atoms with Crippen LogP contribution in [0.2, 0.25) is 0 Å². The Kier molecular flexibility index (Phi) is 4.68. The van der Waals surface area contributed by atoms with Crippen molar-refractivity contribution in [3.05, 3.63) is 58.2 Å². The van der Waals surface area contributed by atoms with Gasteiger partial charge in [0.05, 0.1) is 0 Å². The Labute approximate surface area is 124 Å². The molecule has 0 spiro atoms. The minimum atomic E-state index is -0.794. The van der Waals surface area contributed by atoms with Gasteiger partial charge in [0.15, 0.2) is 0 Å². The van der Waals surface area contributed by atoms with Crippen LogP contribution in [0, 0.1) is 20.8 Å². The highest BCUT2D eigenvalue weighted by Gasteiger charge is 2.10. The van der Waals surface area contributed by atoms with Crippen LogP contribution in [0.3, 0.4) is 0 Å². The van der Waals surface area contributed by atoms with Crippen LogP contribution in [0.5, 0.6) is 0 Å². The van der Waals surface area contributed by atoms with E-state index < -0.39 is 5.97 Å². The van der Waals surface area contributed by atoms with Gasteiger partial charge in [-0.3, -0.25) is 4.79 Å². The Hall–Kier alpha value is -2.23. The predicted molar refractivity (Wildman–Crippen MR) is 81.4 cm³/mol. The largest absolute Gasteiger partial charge is 0.481 e. The van der Waals surface area contributed by atoms with Gasteiger partial charge >= 0.3 is 5.97 Å². The van der Waals surface area contributed by atoms with E-state index in [1.165, 1.54) is 11.1 Å². The molecule has 2 rings (SSSR count). The van der Waals surface area contributed by atoms with E-state index in [-0.39, 0.29) is 6.42 Å². The maximum absolute atomic E-state index is 10.7. The van der Waals surface area contributed by atoms with Gasteiger partial charge in [-0.1, -0.05) is 29.8 Å². The molecule has 1 aromatic heterocycles. The SMILES string of the molecule is Cc1cccc(Cc2nc(C)c(CCC(=O)O)c(C)n2)c1. The summed E-state index contributed by atoms with van der Waals surface area (Å²) in [5.74, 6) is -0.00712. The van der Waals surface area contributed by atoms with Crippen LogP contribution in [-0.4, -0.2) is 21.0 Å². The number of benzene rings is 1. The van der Waals surface area contributed by atoms with Gasteiger partial charge < -0.3 is 5.11 Å². The summed E-state index contributed by atoms with van der Waals surface area (Å²) >= 11 is 0. The zero-order valence-corrected chi connectivity index (χ0v) is 12.7. The first-order valence-corrected chi connectivity index (χ1v) is 7.06. The first-order chi connectivity index (χ1) is 9.95. The second-order valence-electron chi connectivity index (χ2n) is 5.35. The van der Waals surface area contributed by atoms with Crippen molar-refractivity contribution in [3.8, 4) is 0 Å². The number of rotatable bonds is 5. The molecule has 0 unspecified atom stereocenters. The van der Waals surface area contributed by atoms with Crippen molar-refractivity contribution >= 4 is 5.97 Å². The van der Waals surface area contributed by atoms with Crippen molar-refractivity contribution in [2.24, 2.45) is 0 Å². The second kappa shape index (κ2) is 6.48. The molecule has 4 nitrogen and oxygen atoms in total. The van der Waals surface area contributed by atoms with E-state index in [2.05, 4.69) is 35.1 Å². The smallest absolute Gasteiger partial charge is 0.303 e. The fourth-order valence-electron chi connectivity index (χ4n) is 2.49. The van der Waals surface area contributed by atoms with E-state index in [9.17, 15) is 4.79 Å². The molecular formula is C17H20N2O2. The number of aryl methyl sites for hydroxylation is 3. The third-order valence-corrected chi connectivity index (χ3v) is 3.50. The normalized spacial score (nSPS) is 10.6. The van der Waals surface area contributed by atoms with Crippen molar-refractivity contribution in [2.45, 2.75) is 40.0 Å². The molecule has 0 aliphatic rings. The Morgan fingerprint density at radius 1 is 1.14 bits per heavy atom. The van der Waals surface area contributed by atoms with Crippen LogP contribution < -0.4 is 0 Å². The van der Waals surface area contributed by atoms with E-state index in [4.69, 9.17) is 5.11 Å². The fraction of sp³-hybridized carbons (Fsp3) is 0.353. The number of hydrogen-bond acceptors (Lipinski definition) is 3. The van der Waals surface area contributed by atoms with Crippen LogP contribution in [0.1, 0.15) is 40.3 Å². The minimum absolute atomic E-state index is 0.113. The fourth-order valence-corrected chi connectivity index (χ4v) is 2.49. The number of hydrogen-bond donors (Lipinski definition) is 1. The maximum atomic E-state index is 10.7. The van der Waals surface area contributed by atoms with Crippen molar-refractivity contribution in [2.75, 3.05) is 0 Å². The lowest BCUT2D eigenvalue weighted by Gasteiger charge is -2.10. The molecule has 0 bridgehead atoms. The highest BCUT2D eigenvalue weighted by molar-refractivity contribution is 5.67. The van der Waals surface area contributed by atoms with Gasteiger partial charge in [-0.2, -0.15) is 0 Å². The third kappa shape index (κ3) is 4.12. The standard InChI is InChI=1S/C17H20N2O2/c1-11-5-4-6-14(9-11)10-16-18-12(2)15(13(3)19-16)7-8-17(20)21/h4-6,9H,7-8,10H2,1-3H3,(H,20,21). The molecular weight excluding hydrogens is 264 g/mol. The molecule has 0 radical (unpaired) electrons. The molecule has 110 valence electrons. The van der Waals surface area contributed by atoms with E-state index in [1.54, 1.807) is 0 Å². The lowest BCUT2D eigenvalue weighted by atomic mass is 10.1. The monoisotopic (exact) mass is 284 g/mol. The number of aromatic nitrogens is 2. The van der Waals surface area contributed by atoms with E-state index in [0.717, 1.165) is 22.8 Å². The van der Waals surface area contributed by atoms with Gasteiger partial charge in [0.2, 0.25) is 0 Å². The molecule has 0 amide bonds. The quantitative estimate of drug-likeness (QED) is 0.916. The number of carbonyl (C=O) groups is 1. The lowest BCUT2D eigenvalue weighted by Crippen LogP contribution is -2.08. The summed E-state index contributed by atoms with van der Waals surface area (Å²) in [6.07, 6.45) is 1.29. The summed E-state index contributed by atoms with van der Waals surface area (Å²) in [4.78, 5) is 19.8. The molecule has 0 saturated heterocycles. The van der Waals surface area contributed by atoms with E-state index in [0.29, 0.717) is 12.8 Å². The molecule has 1 N–H and O–H groups in total. The molecule has 0 aliphatic heterocycles. The zero-order chi connectivity index (χ0) is 15.4. The summed E-state index contributed by atoms with van der Waals surface area (Å²) in [6, 6.07) is 8.30. The molecule has 0 saturated carbocycles. The minimum Gasteiger partial charge on any atom is -0.481 e. The van der Waals surface area contributed by atoms with Gasteiger partial charge in [-0.25, -0.2) is 9.97 Å². The van der Waals surface area contributed by atoms with E-state index in [1.807, 2.05) is 19.9 Å². The van der Waals surface area contributed by atoms with Crippen LogP contribution in [-0.2, 0) is 17.6 Å². The lowest BCUT2D eigenvalue weighted by molar-refractivity contribution is -0.136. The average molecular weight is 284 g/mol. The first-order valence-electron chi connectivity index (χ1n) is 7.06. The first kappa shape index (κ1) is 15.2. The van der Waals surface area contributed by atoms with Crippen molar-refractivity contribution in [3.63, 3.8) is 0 Å². The van der Waals surface area contributed by atoms with Gasteiger partial charge in [0.1, 0.15) is 5.82 Å². The van der Waals surface area contributed by atoms with Crippen LogP contribution in [0.4, 0.5) is 0 Å². The highest BCUT2D eigenvalue weighted by atomic mass is 16.4. The van der Waals surface area contributed by atoms with Gasteiger partial charge in [-0.15, -0.1) is 0 Å². The predicted octanol–water partition coefficient (Wildman–Crippen LogP) is 3.01. The number of carboxylic acids is 1. The van der Waals surface area contributed by atoms with Crippen molar-refractivity contribution in [1.29, 1.82) is 0 Å². The molecule has 0 fully saturated rings. The van der Waals surface area contributed by atoms with Crippen LogP contribution in [0.25, 0.3) is 0 Å². The summed E-state index contributed by atoms with van der Waals surface area (Å²) in [5, 5.41) is 8.79. The topological polar surface area (TPSA) is 63.1 Å². The van der Waals surface area contributed by atoms with Crippen molar-refractivity contribution in [1.82, 2.24) is 9.97 Å². The zero-order valence-electron chi connectivity index (χ0n) is 12.7. The second-order valence-corrected chi connectivity index (χ2v) is 5.35. The van der Waals surface area contributed by atoms with Gasteiger partial charge in [0.25, 0.3) is 0 Å². The maximum Gasteiger partial charge on any atom is 0.303 e. The summed E-state index contributed by atoms with van der Waals surface area (Å²) in [6.45, 7) is 5.91. The molecule has 2 aromatic rings. The highest BCUT2D eigenvalue weighted by Crippen LogP contribution is 2.15. The van der Waals surface area contributed by atoms with Crippen LogP contribution in [0.15, 0.2) is 24.3 Å². The number of carboxylic acid groups (broad SMARTS) is 1. The summed E-state index contributed by atoms with van der Waals surface area (Å²) < 4.78 is 0. The Morgan fingerprint density at radius 3 is 2.38 bits per heavy atom. The molecule has 21 heavy (non-hydrogen) atoms. The Balaban J connectivity index is 2.21. The summed E-state index contributed by atoms with van der Waals surface area (Å²) in [7, 11) is 0. The Bertz CT molecular complexity index is 643. The third-order valence-electron chi connectivity index (χ3n) is 3.50.